The zero-order valence-corrected chi connectivity index (χ0v) is 13.9. The molecule has 0 aliphatic carbocycles. The summed E-state index contributed by atoms with van der Waals surface area (Å²) in [5.41, 5.74) is 3.87. The summed E-state index contributed by atoms with van der Waals surface area (Å²) < 4.78 is 1.10. The van der Waals surface area contributed by atoms with Crippen LogP contribution in [0, 0.1) is 12.8 Å². The Labute approximate surface area is 135 Å². The maximum absolute atomic E-state index is 9.57. The summed E-state index contributed by atoms with van der Waals surface area (Å²) in [6.45, 7) is 3.99. The second kappa shape index (κ2) is 8.32. The summed E-state index contributed by atoms with van der Waals surface area (Å²) >= 11 is 3.44. The molecule has 2 aromatic carbocycles. The first kappa shape index (κ1) is 16.2. The highest BCUT2D eigenvalue weighted by Crippen LogP contribution is 2.13. The van der Waals surface area contributed by atoms with Crippen LogP contribution >= 0.6 is 15.9 Å². The predicted octanol–water partition coefficient (Wildman–Crippen LogP) is 3.70. The van der Waals surface area contributed by atoms with Crippen molar-refractivity contribution in [2.75, 3.05) is 13.2 Å². The fourth-order valence-electron chi connectivity index (χ4n) is 2.37. The molecular weight excluding hydrogens is 326 g/mol. The average molecular weight is 348 g/mol. The fourth-order valence-corrected chi connectivity index (χ4v) is 2.64. The van der Waals surface area contributed by atoms with E-state index in [1.54, 1.807) is 0 Å². The lowest BCUT2D eigenvalue weighted by Gasteiger charge is -2.16. The molecule has 2 rings (SSSR count). The first-order chi connectivity index (χ1) is 10.2. The molecule has 0 saturated carbocycles. The number of rotatable bonds is 7. The van der Waals surface area contributed by atoms with Crippen LogP contribution in [0.1, 0.15) is 16.7 Å². The van der Waals surface area contributed by atoms with Gasteiger partial charge in [0.15, 0.2) is 0 Å². The summed E-state index contributed by atoms with van der Waals surface area (Å²) in [4.78, 5) is 0. The van der Waals surface area contributed by atoms with E-state index in [0.29, 0.717) is 0 Å². The van der Waals surface area contributed by atoms with E-state index in [0.717, 1.165) is 24.0 Å². The number of halogens is 1. The smallest absolute Gasteiger partial charge is 0.0474 e. The molecule has 0 aliphatic rings. The van der Waals surface area contributed by atoms with E-state index in [2.05, 4.69) is 64.6 Å². The van der Waals surface area contributed by atoms with E-state index in [1.165, 1.54) is 16.7 Å². The van der Waals surface area contributed by atoms with Crippen molar-refractivity contribution in [1.29, 1.82) is 0 Å². The van der Waals surface area contributed by atoms with Crippen LogP contribution in [0.25, 0.3) is 0 Å². The third-order valence-corrected chi connectivity index (χ3v) is 4.23. The lowest BCUT2D eigenvalue weighted by Crippen LogP contribution is -2.26. The predicted molar refractivity (Wildman–Crippen MR) is 91.3 cm³/mol. The Morgan fingerprint density at radius 2 is 1.81 bits per heavy atom. The summed E-state index contributed by atoms with van der Waals surface area (Å²) in [5, 5.41) is 13.0. The average Bonchev–Trinajstić information content (AvgIpc) is 2.50. The summed E-state index contributed by atoms with van der Waals surface area (Å²) in [6, 6.07) is 16.7. The van der Waals surface area contributed by atoms with Crippen molar-refractivity contribution in [3.8, 4) is 0 Å². The largest absolute Gasteiger partial charge is 0.396 e. The number of aryl methyl sites for hydroxylation is 1. The molecule has 0 spiro atoms. The monoisotopic (exact) mass is 347 g/mol. The second-order valence-corrected chi connectivity index (χ2v) is 6.35. The molecule has 0 heterocycles. The third-order valence-electron chi connectivity index (χ3n) is 3.70. The number of benzene rings is 2. The minimum atomic E-state index is 0.210. The van der Waals surface area contributed by atoms with E-state index in [1.807, 2.05) is 12.1 Å². The Kier molecular flexibility index (Phi) is 6.43. The molecule has 0 radical (unpaired) electrons. The zero-order chi connectivity index (χ0) is 15.1. The Bertz CT molecular complexity index is 553. The highest BCUT2D eigenvalue weighted by Gasteiger charge is 2.09. The summed E-state index contributed by atoms with van der Waals surface area (Å²) in [5.74, 6) is 0.251. The Morgan fingerprint density at radius 1 is 1.10 bits per heavy atom. The van der Waals surface area contributed by atoms with Gasteiger partial charge in [-0.2, -0.15) is 0 Å². The molecule has 0 fully saturated rings. The van der Waals surface area contributed by atoms with Gasteiger partial charge in [-0.05, 0) is 48.1 Å². The molecule has 0 bridgehead atoms. The first-order valence-corrected chi connectivity index (χ1v) is 8.09. The van der Waals surface area contributed by atoms with E-state index >= 15 is 0 Å². The van der Waals surface area contributed by atoms with Crippen LogP contribution in [0.5, 0.6) is 0 Å². The van der Waals surface area contributed by atoms with Gasteiger partial charge in [-0.1, -0.05) is 52.3 Å². The van der Waals surface area contributed by atoms with Gasteiger partial charge in [-0.25, -0.2) is 0 Å². The zero-order valence-electron chi connectivity index (χ0n) is 12.3. The van der Waals surface area contributed by atoms with Gasteiger partial charge in [0.05, 0.1) is 0 Å². The maximum Gasteiger partial charge on any atom is 0.0474 e. The molecule has 0 aromatic heterocycles. The van der Waals surface area contributed by atoms with Gasteiger partial charge in [0.1, 0.15) is 0 Å². The molecule has 1 atom stereocenters. The van der Waals surface area contributed by atoms with Gasteiger partial charge in [-0.3, -0.25) is 0 Å². The van der Waals surface area contributed by atoms with Crippen molar-refractivity contribution in [3.63, 3.8) is 0 Å². The molecular formula is C18H22BrNO. The van der Waals surface area contributed by atoms with Crippen LogP contribution < -0.4 is 5.32 Å². The van der Waals surface area contributed by atoms with Gasteiger partial charge in [0.2, 0.25) is 0 Å². The SMILES string of the molecule is Cc1ccccc1CC(CO)CNCc1ccc(Br)cc1. The van der Waals surface area contributed by atoms with Gasteiger partial charge in [0.25, 0.3) is 0 Å². The molecule has 112 valence electrons. The standard InChI is InChI=1S/C18H22BrNO/c1-14-4-2-3-5-17(14)10-16(13-21)12-20-11-15-6-8-18(19)9-7-15/h2-9,16,20-21H,10-13H2,1H3. The highest BCUT2D eigenvalue weighted by atomic mass is 79.9. The highest BCUT2D eigenvalue weighted by molar-refractivity contribution is 9.10. The van der Waals surface area contributed by atoms with Crippen LogP contribution in [-0.4, -0.2) is 18.3 Å². The van der Waals surface area contributed by atoms with Crippen LogP contribution in [0.4, 0.5) is 0 Å². The Morgan fingerprint density at radius 3 is 2.48 bits per heavy atom. The number of aliphatic hydroxyl groups is 1. The third kappa shape index (κ3) is 5.27. The molecule has 2 nitrogen and oxygen atoms in total. The van der Waals surface area contributed by atoms with Gasteiger partial charge < -0.3 is 10.4 Å². The van der Waals surface area contributed by atoms with Gasteiger partial charge >= 0.3 is 0 Å². The van der Waals surface area contributed by atoms with E-state index in [4.69, 9.17) is 0 Å². The summed E-state index contributed by atoms with van der Waals surface area (Å²) in [7, 11) is 0. The van der Waals surface area contributed by atoms with Crippen molar-refractivity contribution in [1.82, 2.24) is 5.32 Å². The number of aliphatic hydroxyl groups excluding tert-OH is 1. The van der Waals surface area contributed by atoms with Crippen molar-refractivity contribution in [2.24, 2.45) is 5.92 Å². The van der Waals surface area contributed by atoms with Crippen molar-refractivity contribution in [2.45, 2.75) is 19.9 Å². The molecule has 2 aromatic rings. The minimum absolute atomic E-state index is 0.210. The van der Waals surface area contributed by atoms with Gasteiger partial charge in [0, 0.05) is 24.2 Å². The maximum atomic E-state index is 9.57. The topological polar surface area (TPSA) is 32.3 Å². The fraction of sp³-hybridized carbons (Fsp3) is 0.333. The first-order valence-electron chi connectivity index (χ1n) is 7.29. The Hall–Kier alpha value is -1.16. The minimum Gasteiger partial charge on any atom is -0.396 e. The van der Waals surface area contributed by atoms with Crippen molar-refractivity contribution >= 4 is 15.9 Å². The molecule has 0 saturated heterocycles. The molecule has 0 aliphatic heterocycles. The molecule has 0 amide bonds. The normalized spacial score (nSPS) is 12.3. The van der Waals surface area contributed by atoms with Crippen LogP contribution in [0.3, 0.4) is 0 Å². The molecule has 2 N–H and O–H groups in total. The number of hydrogen-bond acceptors (Lipinski definition) is 2. The van der Waals surface area contributed by atoms with Gasteiger partial charge in [-0.15, -0.1) is 0 Å². The molecule has 21 heavy (non-hydrogen) atoms. The summed E-state index contributed by atoms with van der Waals surface area (Å²) in [6.07, 6.45) is 0.913. The number of hydrogen-bond donors (Lipinski definition) is 2. The molecule has 3 heteroatoms. The van der Waals surface area contributed by atoms with Crippen LogP contribution in [0.2, 0.25) is 0 Å². The van der Waals surface area contributed by atoms with Crippen LogP contribution in [0.15, 0.2) is 53.0 Å². The number of nitrogens with one attached hydrogen (secondary N) is 1. The van der Waals surface area contributed by atoms with E-state index in [-0.39, 0.29) is 12.5 Å². The second-order valence-electron chi connectivity index (χ2n) is 5.44. The van der Waals surface area contributed by atoms with Crippen molar-refractivity contribution in [3.05, 3.63) is 69.7 Å². The lowest BCUT2D eigenvalue weighted by molar-refractivity contribution is 0.221. The lowest BCUT2D eigenvalue weighted by atomic mass is 9.96. The van der Waals surface area contributed by atoms with Crippen LogP contribution in [-0.2, 0) is 13.0 Å². The van der Waals surface area contributed by atoms with E-state index < -0.39 is 0 Å². The van der Waals surface area contributed by atoms with E-state index in [9.17, 15) is 5.11 Å². The van der Waals surface area contributed by atoms with Crippen molar-refractivity contribution < 1.29 is 5.11 Å². The Balaban J connectivity index is 1.82. The molecule has 1 unspecified atom stereocenters. The quantitative estimate of drug-likeness (QED) is 0.800.